The summed E-state index contributed by atoms with van der Waals surface area (Å²) in [7, 11) is 1.67. The molecule has 0 aromatic carbocycles. The van der Waals surface area contributed by atoms with Gasteiger partial charge in [0.05, 0.1) is 32.5 Å². The number of ether oxygens (including phenoxy) is 3. The van der Waals surface area contributed by atoms with E-state index >= 15 is 0 Å². The van der Waals surface area contributed by atoms with Gasteiger partial charge in [-0.05, 0) is 43.4 Å². The van der Waals surface area contributed by atoms with Crippen LogP contribution in [0.5, 0.6) is 0 Å². The van der Waals surface area contributed by atoms with E-state index in [0.717, 1.165) is 37.7 Å². The largest absolute Gasteiger partial charge is 0.393 e. The molecule has 3 atom stereocenters. The van der Waals surface area contributed by atoms with Gasteiger partial charge in [-0.25, -0.2) is 0 Å². The van der Waals surface area contributed by atoms with Crippen LogP contribution in [0.15, 0.2) is 0 Å². The summed E-state index contributed by atoms with van der Waals surface area (Å²) >= 11 is 0. The lowest BCUT2D eigenvalue weighted by Crippen LogP contribution is -2.32. The smallest absolute Gasteiger partial charge is 0.0701 e. The van der Waals surface area contributed by atoms with Crippen molar-refractivity contribution < 1.29 is 19.3 Å². The highest BCUT2D eigenvalue weighted by molar-refractivity contribution is 4.81. The highest BCUT2D eigenvalue weighted by Gasteiger charge is 2.30. The van der Waals surface area contributed by atoms with Crippen molar-refractivity contribution in [3.63, 3.8) is 0 Å². The van der Waals surface area contributed by atoms with Crippen LogP contribution in [0.3, 0.4) is 0 Å². The average Bonchev–Trinajstić information content (AvgIpc) is 2.43. The predicted molar refractivity (Wildman–Crippen MR) is 79.8 cm³/mol. The summed E-state index contributed by atoms with van der Waals surface area (Å²) in [4.78, 5) is 0. The highest BCUT2D eigenvalue weighted by atomic mass is 16.5. The molecule has 1 aliphatic rings. The van der Waals surface area contributed by atoms with E-state index in [2.05, 4.69) is 13.8 Å². The van der Waals surface area contributed by atoms with Crippen LogP contribution in [0.2, 0.25) is 0 Å². The zero-order chi connectivity index (χ0) is 14.8. The van der Waals surface area contributed by atoms with Crippen molar-refractivity contribution in [3.8, 4) is 0 Å². The quantitative estimate of drug-likeness (QED) is 0.627. The molecule has 0 radical (unpaired) electrons. The van der Waals surface area contributed by atoms with E-state index in [1.807, 2.05) is 0 Å². The first-order valence-corrected chi connectivity index (χ1v) is 7.97. The Kier molecular flexibility index (Phi) is 9.44. The third-order valence-corrected chi connectivity index (χ3v) is 4.36. The normalized spacial score (nSPS) is 27.1. The maximum Gasteiger partial charge on any atom is 0.0701 e. The average molecular weight is 288 g/mol. The van der Waals surface area contributed by atoms with Gasteiger partial charge < -0.3 is 19.3 Å². The molecule has 120 valence electrons. The topological polar surface area (TPSA) is 47.9 Å². The molecule has 0 aliphatic heterocycles. The van der Waals surface area contributed by atoms with Gasteiger partial charge in [0.25, 0.3) is 0 Å². The first kappa shape index (κ1) is 17.9. The number of hydrogen-bond donors (Lipinski definition) is 1. The van der Waals surface area contributed by atoms with Crippen LogP contribution >= 0.6 is 0 Å². The van der Waals surface area contributed by atoms with E-state index in [9.17, 15) is 5.11 Å². The van der Waals surface area contributed by atoms with Gasteiger partial charge in [0, 0.05) is 13.7 Å². The van der Waals surface area contributed by atoms with E-state index in [1.54, 1.807) is 7.11 Å². The standard InChI is InChI=1S/C16H32O4/c1-13(2)14-4-5-16(17)15(12-14)6-7-19-10-11-20-9-8-18-3/h13-17H,4-12H2,1-3H3. The van der Waals surface area contributed by atoms with Gasteiger partial charge in [-0.3, -0.25) is 0 Å². The molecule has 1 saturated carbocycles. The first-order valence-electron chi connectivity index (χ1n) is 7.97. The van der Waals surface area contributed by atoms with Crippen molar-refractivity contribution in [1.29, 1.82) is 0 Å². The van der Waals surface area contributed by atoms with Crippen LogP contribution in [0, 0.1) is 17.8 Å². The van der Waals surface area contributed by atoms with Gasteiger partial charge in [0.1, 0.15) is 0 Å². The third kappa shape index (κ3) is 7.02. The Morgan fingerprint density at radius 1 is 1.00 bits per heavy atom. The van der Waals surface area contributed by atoms with Gasteiger partial charge in [-0.1, -0.05) is 13.8 Å². The molecule has 0 spiro atoms. The molecular weight excluding hydrogens is 256 g/mol. The molecule has 0 amide bonds. The van der Waals surface area contributed by atoms with Crippen molar-refractivity contribution in [2.75, 3.05) is 40.1 Å². The second-order valence-electron chi connectivity index (χ2n) is 6.15. The zero-order valence-corrected chi connectivity index (χ0v) is 13.3. The number of hydrogen-bond acceptors (Lipinski definition) is 4. The van der Waals surface area contributed by atoms with Crippen molar-refractivity contribution >= 4 is 0 Å². The minimum Gasteiger partial charge on any atom is -0.393 e. The monoisotopic (exact) mass is 288 g/mol. The number of aliphatic hydroxyl groups is 1. The lowest BCUT2D eigenvalue weighted by Gasteiger charge is -2.35. The fourth-order valence-corrected chi connectivity index (χ4v) is 2.90. The van der Waals surface area contributed by atoms with Gasteiger partial charge in [0.15, 0.2) is 0 Å². The fraction of sp³-hybridized carbons (Fsp3) is 1.00. The molecule has 4 nitrogen and oxygen atoms in total. The summed E-state index contributed by atoms with van der Waals surface area (Å²) in [5.74, 6) is 1.89. The van der Waals surface area contributed by atoms with Crippen LogP contribution in [0.1, 0.15) is 39.5 Å². The minimum atomic E-state index is -0.133. The summed E-state index contributed by atoms with van der Waals surface area (Å²) in [6, 6.07) is 0. The molecular formula is C16H32O4. The highest BCUT2D eigenvalue weighted by Crippen LogP contribution is 2.35. The molecule has 4 heteroatoms. The maximum absolute atomic E-state index is 10.1. The molecule has 1 N–H and O–H groups in total. The Hall–Kier alpha value is -0.160. The summed E-state index contributed by atoms with van der Waals surface area (Å²) in [6.07, 6.45) is 4.10. The summed E-state index contributed by atoms with van der Waals surface area (Å²) in [6.45, 7) is 7.79. The zero-order valence-electron chi connectivity index (χ0n) is 13.3. The van der Waals surface area contributed by atoms with E-state index in [4.69, 9.17) is 14.2 Å². The van der Waals surface area contributed by atoms with Crippen LogP contribution in [0.4, 0.5) is 0 Å². The summed E-state index contributed by atoms with van der Waals surface area (Å²) in [5, 5.41) is 10.1. The molecule has 1 rings (SSSR count). The van der Waals surface area contributed by atoms with Crippen molar-refractivity contribution in [2.45, 2.75) is 45.6 Å². The molecule has 0 saturated heterocycles. The molecule has 0 aromatic rings. The van der Waals surface area contributed by atoms with Crippen LogP contribution < -0.4 is 0 Å². The molecule has 20 heavy (non-hydrogen) atoms. The molecule has 3 unspecified atom stereocenters. The molecule has 1 fully saturated rings. The lowest BCUT2D eigenvalue weighted by molar-refractivity contribution is -0.00164. The third-order valence-electron chi connectivity index (χ3n) is 4.36. The number of methoxy groups -OCH3 is 1. The lowest BCUT2D eigenvalue weighted by atomic mass is 9.74. The molecule has 0 bridgehead atoms. The van der Waals surface area contributed by atoms with Crippen LogP contribution in [0.25, 0.3) is 0 Å². The maximum atomic E-state index is 10.1. The number of aliphatic hydroxyl groups excluding tert-OH is 1. The Labute approximate surface area is 123 Å². The Bertz CT molecular complexity index is 233. The fourth-order valence-electron chi connectivity index (χ4n) is 2.90. The van der Waals surface area contributed by atoms with Crippen LogP contribution in [-0.4, -0.2) is 51.4 Å². The molecule has 1 aliphatic carbocycles. The minimum absolute atomic E-state index is 0.133. The Balaban J connectivity index is 2.05. The summed E-state index contributed by atoms with van der Waals surface area (Å²) in [5.41, 5.74) is 0. The first-order chi connectivity index (χ1) is 9.65. The van der Waals surface area contributed by atoms with Gasteiger partial charge in [0.2, 0.25) is 0 Å². The second kappa shape index (κ2) is 10.6. The van der Waals surface area contributed by atoms with Crippen molar-refractivity contribution in [1.82, 2.24) is 0 Å². The van der Waals surface area contributed by atoms with E-state index < -0.39 is 0 Å². The second-order valence-corrected chi connectivity index (χ2v) is 6.15. The van der Waals surface area contributed by atoms with E-state index in [-0.39, 0.29) is 6.10 Å². The van der Waals surface area contributed by atoms with E-state index in [1.165, 1.54) is 6.42 Å². The van der Waals surface area contributed by atoms with Crippen molar-refractivity contribution in [3.05, 3.63) is 0 Å². The Morgan fingerprint density at radius 2 is 1.65 bits per heavy atom. The number of rotatable bonds is 10. The molecule has 0 heterocycles. The predicted octanol–water partition coefficient (Wildman–Crippen LogP) is 2.49. The van der Waals surface area contributed by atoms with E-state index in [0.29, 0.717) is 32.3 Å². The van der Waals surface area contributed by atoms with Gasteiger partial charge in [-0.15, -0.1) is 0 Å². The summed E-state index contributed by atoms with van der Waals surface area (Å²) < 4.78 is 15.8. The van der Waals surface area contributed by atoms with Gasteiger partial charge >= 0.3 is 0 Å². The van der Waals surface area contributed by atoms with Crippen LogP contribution in [-0.2, 0) is 14.2 Å². The van der Waals surface area contributed by atoms with Gasteiger partial charge in [-0.2, -0.15) is 0 Å². The molecule has 0 aromatic heterocycles. The SMILES string of the molecule is COCCOCCOCCC1CC(C(C)C)CCC1O. The van der Waals surface area contributed by atoms with Crippen molar-refractivity contribution in [2.24, 2.45) is 17.8 Å². The Morgan fingerprint density at radius 3 is 2.30 bits per heavy atom.